The van der Waals surface area contributed by atoms with E-state index >= 15 is 0 Å². The molecule has 1 atom stereocenters. The van der Waals surface area contributed by atoms with E-state index < -0.39 is 0 Å². The standard InChI is InChI=1S/C11H17NS/c1-2-9-6-7-11(13-9)10-5-3-4-8-12-10/h6-7,10,12H,2-5,8H2,1H3/t10-/m1/s1. The van der Waals surface area contributed by atoms with Gasteiger partial charge >= 0.3 is 0 Å². The van der Waals surface area contributed by atoms with E-state index in [1.54, 1.807) is 0 Å². The van der Waals surface area contributed by atoms with Crippen molar-refractivity contribution in [2.75, 3.05) is 6.54 Å². The van der Waals surface area contributed by atoms with Gasteiger partial charge in [-0.25, -0.2) is 0 Å². The van der Waals surface area contributed by atoms with Gasteiger partial charge < -0.3 is 5.32 Å². The first kappa shape index (κ1) is 9.22. The zero-order valence-electron chi connectivity index (χ0n) is 8.18. The molecule has 1 nitrogen and oxygen atoms in total. The first-order valence-electron chi connectivity index (χ1n) is 5.22. The van der Waals surface area contributed by atoms with Crippen LogP contribution in [0.2, 0.25) is 0 Å². The molecule has 0 aromatic carbocycles. The number of rotatable bonds is 2. The summed E-state index contributed by atoms with van der Waals surface area (Å²) in [6.07, 6.45) is 5.24. The van der Waals surface area contributed by atoms with Crippen LogP contribution in [0.15, 0.2) is 12.1 Å². The number of aryl methyl sites for hydroxylation is 1. The van der Waals surface area contributed by atoms with Crippen LogP contribution >= 0.6 is 11.3 Å². The maximum atomic E-state index is 3.58. The lowest BCUT2D eigenvalue weighted by Gasteiger charge is -2.22. The molecule has 1 fully saturated rings. The second-order valence-corrected chi connectivity index (χ2v) is 4.86. The third kappa shape index (κ3) is 2.12. The summed E-state index contributed by atoms with van der Waals surface area (Å²) in [6, 6.07) is 5.22. The van der Waals surface area contributed by atoms with Crippen LogP contribution in [0.25, 0.3) is 0 Å². The Labute approximate surface area is 84.2 Å². The van der Waals surface area contributed by atoms with Crippen LogP contribution in [0.5, 0.6) is 0 Å². The molecule has 1 aromatic heterocycles. The molecule has 0 aliphatic carbocycles. The average Bonchev–Trinajstić information content (AvgIpc) is 2.67. The lowest BCUT2D eigenvalue weighted by molar-refractivity contribution is 0.417. The van der Waals surface area contributed by atoms with Crippen molar-refractivity contribution in [1.29, 1.82) is 0 Å². The molecule has 1 saturated heterocycles. The molecule has 72 valence electrons. The fourth-order valence-corrected chi connectivity index (χ4v) is 2.93. The van der Waals surface area contributed by atoms with Crippen molar-refractivity contribution >= 4 is 11.3 Å². The number of hydrogen-bond acceptors (Lipinski definition) is 2. The van der Waals surface area contributed by atoms with Crippen molar-refractivity contribution in [1.82, 2.24) is 5.32 Å². The number of hydrogen-bond donors (Lipinski definition) is 1. The topological polar surface area (TPSA) is 12.0 Å². The minimum absolute atomic E-state index is 0.652. The van der Waals surface area contributed by atoms with Crippen molar-refractivity contribution in [3.63, 3.8) is 0 Å². The molecule has 1 aliphatic heterocycles. The predicted octanol–water partition coefficient (Wildman–Crippen LogP) is 3.13. The summed E-state index contributed by atoms with van der Waals surface area (Å²) in [6.45, 7) is 3.42. The van der Waals surface area contributed by atoms with E-state index in [2.05, 4.69) is 24.4 Å². The number of nitrogens with one attached hydrogen (secondary N) is 1. The first-order valence-corrected chi connectivity index (χ1v) is 6.04. The molecule has 2 heterocycles. The lowest BCUT2D eigenvalue weighted by Crippen LogP contribution is -2.25. The van der Waals surface area contributed by atoms with Crippen LogP contribution in [0.3, 0.4) is 0 Å². The molecule has 0 radical (unpaired) electrons. The van der Waals surface area contributed by atoms with Gasteiger partial charge in [0, 0.05) is 15.8 Å². The molecule has 1 aromatic rings. The molecule has 2 heteroatoms. The van der Waals surface area contributed by atoms with E-state index in [9.17, 15) is 0 Å². The van der Waals surface area contributed by atoms with E-state index in [1.807, 2.05) is 11.3 Å². The summed E-state index contributed by atoms with van der Waals surface area (Å²) >= 11 is 1.98. The first-order chi connectivity index (χ1) is 6.40. The molecule has 1 N–H and O–H groups in total. The van der Waals surface area contributed by atoms with Gasteiger partial charge in [-0.05, 0) is 37.9 Å². The zero-order valence-corrected chi connectivity index (χ0v) is 8.99. The summed E-state index contributed by atoms with van der Waals surface area (Å²) in [5.41, 5.74) is 0. The van der Waals surface area contributed by atoms with Gasteiger partial charge in [-0.3, -0.25) is 0 Å². The highest BCUT2D eigenvalue weighted by Gasteiger charge is 2.15. The molecule has 2 rings (SSSR count). The molecule has 0 saturated carbocycles. The highest BCUT2D eigenvalue weighted by atomic mass is 32.1. The van der Waals surface area contributed by atoms with Gasteiger partial charge in [0.15, 0.2) is 0 Å². The minimum atomic E-state index is 0.652. The van der Waals surface area contributed by atoms with Gasteiger partial charge in [0.1, 0.15) is 0 Å². The Balaban J connectivity index is 2.05. The molecular weight excluding hydrogens is 178 g/mol. The summed E-state index contributed by atoms with van der Waals surface area (Å²) in [5, 5.41) is 3.58. The summed E-state index contributed by atoms with van der Waals surface area (Å²) in [5.74, 6) is 0. The van der Waals surface area contributed by atoms with Gasteiger partial charge in [0.05, 0.1) is 0 Å². The summed E-state index contributed by atoms with van der Waals surface area (Å²) < 4.78 is 0. The smallest absolute Gasteiger partial charge is 0.0414 e. The maximum absolute atomic E-state index is 3.58. The van der Waals surface area contributed by atoms with Gasteiger partial charge in [-0.15, -0.1) is 11.3 Å². The van der Waals surface area contributed by atoms with Crippen molar-refractivity contribution in [3.8, 4) is 0 Å². The van der Waals surface area contributed by atoms with Crippen LogP contribution < -0.4 is 5.32 Å². The Bertz CT molecular complexity index is 261. The molecule has 0 unspecified atom stereocenters. The van der Waals surface area contributed by atoms with Crippen LogP contribution in [0, 0.1) is 0 Å². The third-order valence-electron chi connectivity index (χ3n) is 2.68. The predicted molar refractivity (Wildman–Crippen MR) is 58.3 cm³/mol. The van der Waals surface area contributed by atoms with E-state index in [1.165, 1.54) is 42.0 Å². The second kappa shape index (κ2) is 4.25. The van der Waals surface area contributed by atoms with Crippen LogP contribution in [-0.4, -0.2) is 6.54 Å². The zero-order chi connectivity index (χ0) is 9.10. The van der Waals surface area contributed by atoms with Crippen LogP contribution in [-0.2, 0) is 6.42 Å². The second-order valence-electron chi connectivity index (χ2n) is 3.66. The number of piperidine rings is 1. The molecule has 1 aliphatic rings. The summed E-state index contributed by atoms with van der Waals surface area (Å²) in [7, 11) is 0. The van der Waals surface area contributed by atoms with Crippen LogP contribution in [0.1, 0.15) is 42.0 Å². The van der Waals surface area contributed by atoms with Gasteiger partial charge in [-0.2, -0.15) is 0 Å². The lowest BCUT2D eigenvalue weighted by atomic mass is 10.0. The highest BCUT2D eigenvalue weighted by molar-refractivity contribution is 7.12. The fraction of sp³-hybridized carbons (Fsp3) is 0.636. The van der Waals surface area contributed by atoms with Gasteiger partial charge in [-0.1, -0.05) is 13.3 Å². The van der Waals surface area contributed by atoms with Crippen molar-refractivity contribution in [2.45, 2.75) is 38.6 Å². The van der Waals surface area contributed by atoms with Crippen molar-refractivity contribution in [3.05, 3.63) is 21.9 Å². The maximum Gasteiger partial charge on any atom is 0.0414 e. The van der Waals surface area contributed by atoms with Crippen LogP contribution in [0.4, 0.5) is 0 Å². The van der Waals surface area contributed by atoms with E-state index in [0.29, 0.717) is 6.04 Å². The monoisotopic (exact) mass is 195 g/mol. The van der Waals surface area contributed by atoms with E-state index in [4.69, 9.17) is 0 Å². The largest absolute Gasteiger partial charge is 0.309 e. The quantitative estimate of drug-likeness (QED) is 0.764. The molecular formula is C11H17NS. The molecule has 0 spiro atoms. The Morgan fingerprint density at radius 2 is 2.38 bits per heavy atom. The molecule has 0 bridgehead atoms. The Kier molecular flexibility index (Phi) is 3.01. The van der Waals surface area contributed by atoms with E-state index in [-0.39, 0.29) is 0 Å². The normalized spacial score (nSPS) is 23.3. The van der Waals surface area contributed by atoms with Gasteiger partial charge in [0.25, 0.3) is 0 Å². The van der Waals surface area contributed by atoms with E-state index in [0.717, 1.165) is 0 Å². The van der Waals surface area contributed by atoms with Crippen molar-refractivity contribution < 1.29 is 0 Å². The SMILES string of the molecule is CCc1ccc([C@H]2CCCCN2)s1. The Morgan fingerprint density at radius 1 is 1.46 bits per heavy atom. The number of thiophene rings is 1. The molecule has 13 heavy (non-hydrogen) atoms. The summed E-state index contributed by atoms with van der Waals surface area (Å²) in [4.78, 5) is 3.05. The Hall–Kier alpha value is -0.340. The third-order valence-corrected chi connectivity index (χ3v) is 4.03. The van der Waals surface area contributed by atoms with Crippen molar-refractivity contribution in [2.24, 2.45) is 0 Å². The van der Waals surface area contributed by atoms with Gasteiger partial charge in [0.2, 0.25) is 0 Å². The highest BCUT2D eigenvalue weighted by Crippen LogP contribution is 2.28. The molecule has 0 amide bonds. The minimum Gasteiger partial charge on any atom is -0.309 e. The fourth-order valence-electron chi connectivity index (χ4n) is 1.87. The Morgan fingerprint density at radius 3 is 3.00 bits per heavy atom. The average molecular weight is 195 g/mol.